The molecule has 0 spiro atoms. The van der Waals surface area contributed by atoms with E-state index in [1.807, 2.05) is 6.07 Å². The number of ether oxygens (including phenoxy) is 1. The van der Waals surface area contributed by atoms with Crippen molar-refractivity contribution < 1.29 is 22.7 Å². The average Bonchev–Trinajstić information content (AvgIpc) is 3.17. The highest BCUT2D eigenvalue weighted by Gasteiger charge is 2.15. The molecule has 1 aromatic heterocycles. The van der Waals surface area contributed by atoms with Crippen molar-refractivity contribution >= 4 is 38.9 Å². The lowest BCUT2D eigenvalue weighted by atomic mass is 10.1. The Balaban J connectivity index is 1.69. The maximum atomic E-state index is 11.9. The number of nitriles is 1. The Kier molecular flexibility index (Phi) is 7.48. The summed E-state index contributed by atoms with van der Waals surface area (Å²) in [5.41, 5.74) is 1.34. The lowest BCUT2D eigenvalue weighted by Gasteiger charge is -2.08. The van der Waals surface area contributed by atoms with Crippen molar-refractivity contribution in [2.24, 2.45) is 0 Å². The molecule has 0 aliphatic rings. The lowest BCUT2D eigenvalue weighted by molar-refractivity contribution is -0.147. The molecule has 2 N–H and O–H groups in total. The van der Waals surface area contributed by atoms with E-state index in [4.69, 9.17) is 10.00 Å². The Morgan fingerprint density at radius 1 is 1.19 bits per heavy atom. The van der Waals surface area contributed by atoms with Crippen molar-refractivity contribution in [2.75, 3.05) is 18.5 Å². The molecule has 2 rings (SSSR count). The predicted octanol–water partition coefficient (Wildman–Crippen LogP) is 1.66. The third-order valence-electron chi connectivity index (χ3n) is 3.27. The van der Waals surface area contributed by atoms with Gasteiger partial charge in [-0.1, -0.05) is 18.2 Å². The second kappa shape index (κ2) is 9.82. The Bertz CT molecular complexity index is 916. The summed E-state index contributed by atoms with van der Waals surface area (Å²) in [6.07, 6.45) is 0.0861. The van der Waals surface area contributed by atoms with Crippen LogP contribution < -0.4 is 10.0 Å². The van der Waals surface area contributed by atoms with Crippen molar-refractivity contribution in [2.45, 2.75) is 17.1 Å². The first-order valence-corrected chi connectivity index (χ1v) is 10.2. The van der Waals surface area contributed by atoms with E-state index in [2.05, 4.69) is 10.0 Å². The average molecular weight is 407 g/mol. The highest BCUT2D eigenvalue weighted by molar-refractivity contribution is 7.91. The van der Waals surface area contributed by atoms with Crippen molar-refractivity contribution in [3.8, 4) is 6.07 Å². The zero-order chi connectivity index (χ0) is 19.7. The van der Waals surface area contributed by atoms with Crippen LogP contribution in [0.3, 0.4) is 0 Å². The van der Waals surface area contributed by atoms with E-state index in [0.29, 0.717) is 5.69 Å². The molecule has 0 saturated heterocycles. The molecule has 2 aromatic rings. The summed E-state index contributed by atoms with van der Waals surface area (Å²) in [5, 5.41) is 12.8. The maximum absolute atomic E-state index is 11.9. The van der Waals surface area contributed by atoms with E-state index in [0.717, 1.165) is 16.9 Å². The van der Waals surface area contributed by atoms with Crippen LogP contribution in [0.2, 0.25) is 0 Å². The van der Waals surface area contributed by atoms with Crippen LogP contribution in [-0.4, -0.2) is 33.4 Å². The quantitative estimate of drug-likeness (QED) is 0.609. The molecular weight excluding hydrogens is 390 g/mol. The number of amides is 1. The van der Waals surface area contributed by atoms with Crippen LogP contribution in [0.4, 0.5) is 5.69 Å². The first-order chi connectivity index (χ1) is 12.9. The smallest absolute Gasteiger partial charge is 0.307 e. The van der Waals surface area contributed by atoms with Gasteiger partial charge in [0.15, 0.2) is 6.61 Å². The Hall–Kier alpha value is -2.74. The Morgan fingerprint density at radius 2 is 1.93 bits per heavy atom. The van der Waals surface area contributed by atoms with Gasteiger partial charge in [0.1, 0.15) is 4.21 Å². The molecule has 0 radical (unpaired) electrons. The minimum Gasteiger partial charge on any atom is -0.456 e. The second-order valence-corrected chi connectivity index (χ2v) is 8.26. The van der Waals surface area contributed by atoms with E-state index >= 15 is 0 Å². The molecule has 0 bridgehead atoms. The van der Waals surface area contributed by atoms with Crippen LogP contribution in [0.5, 0.6) is 0 Å². The van der Waals surface area contributed by atoms with Gasteiger partial charge in [0.05, 0.1) is 18.9 Å². The Morgan fingerprint density at radius 3 is 2.56 bits per heavy atom. The molecule has 0 aliphatic carbocycles. The number of carbonyl (C=O) groups is 2. The van der Waals surface area contributed by atoms with E-state index in [9.17, 15) is 18.0 Å². The summed E-state index contributed by atoms with van der Waals surface area (Å²) in [6, 6.07) is 11.8. The van der Waals surface area contributed by atoms with Crippen LogP contribution >= 0.6 is 11.3 Å². The molecule has 27 heavy (non-hydrogen) atoms. The number of benzene rings is 1. The van der Waals surface area contributed by atoms with Crippen molar-refractivity contribution in [3.63, 3.8) is 0 Å². The fourth-order valence-corrected chi connectivity index (χ4v) is 4.06. The van der Waals surface area contributed by atoms with Crippen LogP contribution in [-0.2, 0) is 30.8 Å². The van der Waals surface area contributed by atoms with E-state index in [1.54, 1.807) is 35.7 Å². The highest BCUT2D eigenvalue weighted by atomic mass is 32.2. The highest BCUT2D eigenvalue weighted by Crippen LogP contribution is 2.15. The summed E-state index contributed by atoms with van der Waals surface area (Å²) in [6.45, 7) is -0.600. The number of rotatable bonds is 9. The molecule has 1 aromatic carbocycles. The van der Waals surface area contributed by atoms with Crippen LogP contribution in [0.1, 0.15) is 12.0 Å². The molecule has 0 unspecified atom stereocenters. The zero-order valence-corrected chi connectivity index (χ0v) is 15.8. The second-order valence-electron chi connectivity index (χ2n) is 5.32. The van der Waals surface area contributed by atoms with Gasteiger partial charge in [-0.2, -0.15) is 5.26 Å². The fourth-order valence-electron chi connectivity index (χ4n) is 1.99. The van der Waals surface area contributed by atoms with Gasteiger partial charge in [0, 0.05) is 12.2 Å². The van der Waals surface area contributed by atoms with Crippen molar-refractivity contribution in [1.82, 2.24) is 4.72 Å². The molecular formula is C17H17N3O5S2. The summed E-state index contributed by atoms with van der Waals surface area (Å²) in [5.74, 6) is -1.21. The number of esters is 1. The van der Waals surface area contributed by atoms with Crippen LogP contribution in [0.15, 0.2) is 46.0 Å². The first-order valence-electron chi connectivity index (χ1n) is 7.85. The van der Waals surface area contributed by atoms with Gasteiger partial charge in [0.2, 0.25) is 10.0 Å². The number of hydrogen-bond donors (Lipinski definition) is 2. The number of carbonyl (C=O) groups excluding carboxylic acids is 2. The minimum atomic E-state index is -3.63. The van der Waals surface area contributed by atoms with Crippen molar-refractivity contribution in [3.05, 3.63) is 47.3 Å². The van der Waals surface area contributed by atoms with Gasteiger partial charge in [-0.3, -0.25) is 9.59 Å². The van der Waals surface area contributed by atoms with E-state index in [1.165, 1.54) is 6.07 Å². The molecule has 0 aliphatic heterocycles. The normalized spacial score (nSPS) is 10.8. The summed E-state index contributed by atoms with van der Waals surface area (Å²) >= 11 is 1.07. The standard InChI is InChI=1S/C17H17N3O5S2/c18-9-7-13-3-5-14(6-4-13)20-15(21)12-25-16(22)8-10-19-27(23,24)17-2-1-11-26-17/h1-6,11,19H,7-8,10,12H2,(H,20,21). The molecule has 0 fully saturated rings. The maximum Gasteiger partial charge on any atom is 0.307 e. The molecule has 0 saturated carbocycles. The van der Waals surface area contributed by atoms with Gasteiger partial charge in [-0.05, 0) is 29.1 Å². The molecule has 1 amide bonds. The summed E-state index contributed by atoms with van der Waals surface area (Å²) in [4.78, 5) is 23.4. The van der Waals surface area contributed by atoms with Crippen LogP contribution in [0.25, 0.3) is 0 Å². The molecule has 1 heterocycles. The Labute approximate surface area is 160 Å². The third kappa shape index (κ3) is 6.82. The SMILES string of the molecule is N#CCc1ccc(NC(=O)COC(=O)CCNS(=O)(=O)c2cccs2)cc1. The first kappa shape index (κ1) is 20.6. The monoisotopic (exact) mass is 407 g/mol. The fraction of sp³-hybridized carbons (Fsp3) is 0.235. The van der Waals surface area contributed by atoms with Crippen molar-refractivity contribution in [1.29, 1.82) is 5.26 Å². The van der Waals surface area contributed by atoms with Gasteiger partial charge < -0.3 is 10.1 Å². The largest absolute Gasteiger partial charge is 0.456 e. The van der Waals surface area contributed by atoms with Gasteiger partial charge in [-0.25, -0.2) is 13.1 Å². The summed E-state index contributed by atoms with van der Waals surface area (Å²) < 4.78 is 31.0. The number of anilines is 1. The molecule has 142 valence electrons. The van der Waals surface area contributed by atoms with E-state index < -0.39 is 28.5 Å². The lowest BCUT2D eigenvalue weighted by Crippen LogP contribution is -2.27. The third-order valence-corrected chi connectivity index (χ3v) is 6.12. The number of nitrogens with zero attached hydrogens (tertiary/aromatic N) is 1. The predicted molar refractivity (Wildman–Crippen MR) is 99.5 cm³/mol. The van der Waals surface area contributed by atoms with Gasteiger partial charge in [0.25, 0.3) is 5.91 Å². The van der Waals surface area contributed by atoms with Crippen LogP contribution in [0, 0.1) is 11.3 Å². The molecule has 0 atom stereocenters. The minimum absolute atomic E-state index is 0.124. The molecule has 10 heteroatoms. The number of sulfonamides is 1. The number of nitrogens with one attached hydrogen (secondary N) is 2. The number of thiophene rings is 1. The zero-order valence-electron chi connectivity index (χ0n) is 14.2. The van der Waals surface area contributed by atoms with Gasteiger partial charge >= 0.3 is 5.97 Å². The van der Waals surface area contributed by atoms with E-state index in [-0.39, 0.29) is 23.6 Å². The van der Waals surface area contributed by atoms with Gasteiger partial charge in [-0.15, -0.1) is 11.3 Å². The topological polar surface area (TPSA) is 125 Å². The number of hydrogen-bond acceptors (Lipinski definition) is 7. The molecule has 8 nitrogen and oxygen atoms in total. The summed E-state index contributed by atoms with van der Waals surface area (Å²) in [7, 11) is -3.63.